The van der Waals surface area contributed by atoms with Crippen LogP contribution in [0.1, 0.15) is 34.5 Å². The highest BCUT2D eigenvalue weighted by molar-refractivity contribution is 5.97. The van der Waals surface area contributed by atoms with Crippen molar-refractivity contribution in [3.05, 3.63) is 70.8 Å². The number of nitrogens with two attached hydrogens (primary N) is 2. The van der Waals surface area contributed by atoms with Crippen molar-refractivity contribution in [2.24, 2.45) is 11.5 Å². The smallest absolute Gasteiger partial charge is 0.267 e. The summed E-state index contributed by atoms with van der Waals surface area (Å²) in [5.74, 6) is 4.88. The van der Waals surface area contributed by atoms with Gasteiger partial charge in [-0.2, -0.15) is 0 Å². The number of amides is 2. The molecular formula is C22H29N5O3. The largest absolute Gasteiger partial charge is 0.339 e. The van der Waals surface area contributed by atoms with Crippen LogP contribution in [0.15, 0.2) is 48.5 Å². The van der Waals surface area contributed by atoms with Gasteiger partial charge in [0, 0.05) is 42.9 Å². The maximum absolute atomic E-state index is 12.2. The topological polar surface area (TPSA) is 142 Å². The molecule has 0 aliphatic rings. The van der Waals surface area contributed by atoms with Crippen molar-refractivity contribution in [1.82, 2.24) is 16.1 Å². The van der Waals surface area contributed by atoms with E-state index in [0.717, 1.165) is 29.8 Å². The van der Waals surface area contributed by atoms with Gasteiger partial charge in [0.05, 0.1) is 0 Å². The highest BCUT2D eigenvalue weighted by atomic mass is 16.5. The Morgan fingerprint density at radius 2 is 1.53 bits per heavy atom. The summed E-state index contributed by atoms with van der Waals surface area (Å²) in [6.45, 7) is 2.01. The van der Waals surface area contributed by atoms with Gasteiger partial charge >= 0.3 is 0 Å². The van der Waals surface area contributed by atoms with Crippen LogP contribution in [0.3, 0.4) is 0 Å². The van der Waals surface area contributed by atoms with Gasteiger partial charge in [0.1, 0.15) is 6.04 Å². The highest BCUT2D eigenvalue weighted by Crippen LogP contribution is 2.06. The zero-order valence-corrected chi connectivity index (χ0v) is 15.9. The normalized spacial score (nSPS) is 10.8. The fraction of sp³-hybridized carbons (Fsp3) is 0.273. The minimum absolute atomic E-state index is 0. The molecule has 30 heavy (non-hydrogen) atoms. The van der Waals surface area contributed by atoms with E-state index < -0.39 is 17.9 Å². The minimum atomic E-state index is -1.01. The molecule has 8 heteroatoms. The maximum Gasteiger partial charge on any atom is 0.267 e. The lowest BCUT2D eigenvalue weighted by Crippen LogP contribution is -2.50. The second kappa shape index (κ2) is 13.1. The van der Waals surface area contributed by atoms with Gasteiger partial charge in [-0.05, 0) is 42.0 Å². The summed E-state index contributed by atoms with van der Waals surface area (Å²) in [5.41, 5.74) is 15.5. The molecule has 0 aliphatic heterocycles. The molecule has 2 aromatic carbocycles. The van der Waals surface area contributed by atoms with E-state index in [0.29, 0.717) is 12.1 Å². The van der Waals surface area contributed by atoms with E-state index in [4.69, 9.17) is 16.7 Å². The Balaban J connectivity index is 0.00000450. The molecule has 0 spiro atoms. The van der Waals surface area contributed by atoms with Crippen molar-refractivity contribution in [2.75, 3.05) is 19.6 Å². The molecule has 0 aliphatic carbocycles. The van der Waals surface area contributed by atoms with E-state index in [9.17, 15) is 9.59 Å². The first-order chi connectivity index (χ1) is 14.1. The van der Waals surface area contributed by atoms with E-state index in [-0.39, 0.29) is 14.0 Å². The predicted octanol–water partition coefficient (Wildman–Crippen LogP) is 0.333. The van der Waals surface area contributed by atoms with Crippen LogP contribution in [0.4, 0.5) is 0 Å². The molecule has 1 atom stereocenters. The van der Waals surface area contributed by atoms with Gasteiger partial charge in [-0.25, -0.2) is 5.48 Å². The van der Waals surface area contributed by atoms with E-state index in [2.05, 4.69) is 22.5 Å². The summed E-state index contributed by atoms with van der Waals surface area (Å²) in [6, 6.07) is 13.6. The lowest BCUT2D eigenvalue weighted by molar-refractivity contribution is -0.130. The first-order valence-electron chi connectivity index (χ1n) is 9.14. The highest BCUT2D eigenvalue weighted by Gasteiger charge is 2.19. The molecule has 0 fully saturated rings. The third-order valence-corrected chi connectivity index (χ3v) is 4.07. The van der Waals surface area contributed by atoms with Gasteiger partial charge in [-0.3, -0.25) is 14.8 Å². The average Bonchev–Trinajstić information content (AvgIpc) is 2.76. The Labute approximate surface area is 177 Å². The molecule has 0 bridgehead atoms. The zero-order valence-electron chi connectivity index (χ0n) is 15.9. The molecule has 2 aromatic rings. The lowest BCUT2D eigenvalue weighted by Gasteiger charge is -2.14. The molecular weight excluding hydrogens is 382 g/mol. The van der Waals surface area contributed by atoms with Crippen LogP contribution >= 0.6 is 0 Å². The fourth-order valence-corrected chi connectivity index (χ4v) is 2.44. The van der Waals surface area contributed by atoms with Crippen LogP contribution in [0.25, 0.3) is 0 Å². The SMILES string of the molecule is C.NCCNCc1ccc(C#Cc2ccc(C(=O)N[C@@H](CN)C(=O)NO)cc2)cc1. The Kier molecular flexibility index (Phi) is 10.8. The van der Waals surface area contributed by atoms with Crippen LogP contribution in [0.5, 0.6) is 0 Å². The van der Waals surface area contributed by atoms with Gasteiger partial charge in [0.15, 0.2) is 0 Å². The summed E-state index contributed by atoms with van der Waals surface area (Å²) in [6.07, 6.45) is 0. The van der Waals surface area contributed by atoms with Crippen molar-refractivity contribution in [1.29, 1.82) is 0 Å². The van der Waals surface area contributed by atoms with Gasteiger partial charge in [-0.1, -0.05) is 31.4 Å². The Morgan fingerprint density at radius 3 is 2.03 bits per heavy atom. The van der Waals surface area contributed by atoms with Gasteiger partial charge < -0.3 is 22.1 Å². The number of hydrogen-bond acceptors (Lipinski definition) is 6. The summed E-state index contributed by atoms with van der Waals surface area (Å²) in [4.78, 5) is 23.6. The van der Waals surface area contributed by atoms with Gasteiger partial charge in [-0.15, -0.1) is 0 Å². The molecule has 8 N–H and O–H groups in total. The summed E-state index contributed by atoms with van der Waals surface area (Å²) in [7, 11) is 0. The van der Waals surface area contributed by atoms with Crippen molar-refractivity contribution < 1.29 is 14.8 Å². The molecule has 160 valence electrons. The van der Waals surface area contributed by atoms with Crippen molar-refractivity contribution in [2.45, 2.75) is 20.0 Å². The lowest BCUT2D eigenvalue weighted by atomic mass is 10.1. The molecule has 2 amide bonds. The number of benzene rings is 2. The van der Waals surface area contributed by atoms with Gasteiger partial charge in [0.2, 0.25) is 0 Å². The van der Waals surface area contributed by atoms with Crippen molar-refractivity contribution in [3.63, 3.8) is 0 Å². The average molecular weight is 412 g/mol. The van der Waals surface area contributed by atoms with Crippen LogP contribution in [0.2, 0.25) is 0 Å². The van der Waals surface area contributed by atoms with E-state index in [1.165, 1.54) is 5.48 Å². The second-order valence-electron chi connectivity index (χ2n) is 6.23. The van der Waals surface area contributed by atoms with Crippen molar-refractivity contribution in [3.8, 4) is 11.8 Å². The van der Waals surface area contributed by atoms with Crippen molar-refractivity contribution >= 4 is 11.8 Å². The van der Waals surface area contributed by atoms with Gasteiger partial charge in [0.25, 0.3) is 11.8 Å². The standard InChI is InChI=1S/C21H25N5O3.CH4/c22-11-12-24-14-17-5-3-15(4-6-17)1-2-16-7-9-18(10-8-16)20(27)25-19(13-23)21(28)26-29;/h3-10,19,24,29H,11-14,22-23H2,(H,25,27)(H,26,28);1H4/t19-;/m0./s1. The molecule has 0 saturated heterocycles. The van der Waals surface area contributed by atoms with E-state index >= 15 is 0 Å². The minimum Gasteiger partial charge on any atom is -0.339 e. The Hall–Kier alpha value is -3.22. The number of hydroxylamine groups is 1. The fourth-order valence-electron chi connectivity index (χ4n) is 2.44. The number of carbonyl (C=O) groups excluding carboxylic acids is 2. The van der Waals surface area contributed by atoms with E-state index in [1.807, 2.05) is 24.3 Å². The molecule has 0 heterocycles. The third-order valence-electron chi connectivity index (χ3n) is 4.07. The number of nitrogens with one attached hydrogen (secondary N) is 3. The summed E-state index contributed by atoms with van der Waals surface area (Å²) >= 11 is 0. The Morgan fingerprint density at radius 1 is 0.967 bits per heavy atom. The second-order valence-corrected chi connectivity index (χ2v) is 6.23. The number of rotatable bonds is 8. The number of carbonyl (C=O) groups is 2. The molecule has 0 aromatic heterocycles. The monoisotopic (exact) mass is 411 g/mol. The summed E-state index contributed by atoms with van der Waals surface area (Å²) < 4.78 is 0. The zero-order chi connectivity index (χ0) is 21.1. The van der Waals surface area contributed by atoms with Crippen LogP contribution < -0.4 is 27.6 Å². The first kappa shape index (κ1) is 24.8. The quantitative estimate of drug-likeness (QED) is 0.160. The van der Waals surface area contributed by atoms with E-state index in [1.54, 1.807) is 24.3 Å². The first-order valence-corrected chi connectivity index (χ1v) is 9.14. The Bertz CT molecular complexity index is 870. The molecule has 8 nitrogen and oxygen atoms in total. The third kappa shape index (κ3) is 7.66. The molecule has 0 radical (unpaired) electrons. The maximum atomic E-state index is 12.2. The summed E-state index contributed by atoms with van der Waals surface area (Å²) in [5, 5.41) is 14.3. The predicted molar refractivity (Wildman–Crippen MR) is 117 cm³/mol. The van der Waals surface area contributed by atoms with Crippen LogP contribution in [0, 0.1) is 11.8 Å². The molecule has 2 rings (SSSR count). The molecule has 0 unspecified atom stereocenters. The molecule has 0 saturated carbocycles. The number of hydrogen-bond donors (Lipinski definition) is 6. The van der Waals surface area contributed by atoms with Crippen LogP contribution in [-0.2, 0) is 11.3 Å². The van der Waals surface area contributed by atoms with Crippen LogP contribution in [-0.4, -0.2) is 42.7 Å².